The molecule has 5 nitrogen and oxygen atoms in total. The standard InChI is InChI=1S/C23H16N2O3S/c26-19-22(16-10-4-1-5-11-16)23(28-21(29)24-22,17-12-6-2-7-13-17)20(27)25(19)18-14-8-3-9-15-18/h1-15H,(H,24,29)/t22-,23+/m0/s1. The largest absolute Gasteiger partial charge is 0.446 e. The first kappa shape index (κ1) is 17.6. The SMILES string of the molecule is O=C1N(c2ccccc2)C(=O)[C@@]2(c3ccccc3)OC(=S)N[C@@]12c1ccccc1. The van der Waals surface area contributed by atoms with Crippen molar-refractivity contribution in [2.75, 3.05) is 4.90 Å². The van der Waals surface area contributed by atoms with Crippen LogP contribution in [0.25, 0.3) is 0 Å². The minimum Gasteiger partial charge on any atom is -0.446 e. The lowest BCUT2D eigenvalue weighted by Gasteiger charge is -2.33. The number of fused-ring (bicyclic) bond motifs is 1. The number of nitrogens with one attached hydrogen (secondary N) is 1. The quantitative estimate of drug-likeness (QED) is 0.540. The van der Waals surface area contributed by atoms with Crippen molar-refractivity contribution in [2.45, 2.75) is 11.1 Å². The Morgan fingerprint density at radius 3 is 1.83 bits per heavy atom. The van der Waals surface area contributed by atoms with E-state index in [0.29, 0.717) is 16.8 Å². The van der Waals surface area contributed by atoms with Gasteiger partial charge < -0.3 is 10.1 Å². The zero-order chi connectivity index (χ0) is 20.1. The molecule has 2 aliphatic rings. The Morgan fingerprint density at radius 1 is 0.724 bits per heavy atom. The first-order chi connectivity index (χ1) is 14.1. The third-order valence-electron chi connectivity index (χ3n) is 5.49. The van der Waals surface area contributed by atoms with E-state index in [2.05, 4.69) is 5.32 Å². The van der Waals surface area contributed by atoms with Gasteiger partial charge in [0, 0.05) is 5.56 Å². The molecule has 2 amide bonds. The van der Waals surface area contributed by atoms with Gasteiger partial charge >= 0.3 is 0 Å². The maximum absolute atomic E-state index is 13.9. The van der Waals surface area contributed by atoms with Crippen molar-refractivity contribution >= 4 is 34.9 Å². The molecule has 2 aliphatic heterocycles. The predicted molar refractivity (Wildman–Crippen MR) is 112 cm³/mol. The Kier molecular flexibility index (Phi) is 3.79. The molecule has 0 aromatic heterocycles. The molecular weight excluding hydrogens is 384 g/mol. The number of carbonyl (C=O) groups excluding carboxylic acids is 2. The van der Waals surface area contributed by atoms with Gasteiger partial charge in [-0.3, -0.25) is 9.59 Å². The molecule has 142 valence electrons. The second-order valence-electron chi connectivity index (χ2n) is 6.96. The van der Waals surface area contributed by atoms with Gasteiger partial charge in [0.2, 0.25) is 0 Å². The third-order valence-corrected chi connectivity index (χ3v) is 5.68. The molecule has 0 spiro atoms. The molecule has 0 radical (unpaired) electrons. The number of imide groups is 1. The molecule has 0 bridgehead atoms. The van der Waals surface area contributed by atoms with E-state index in [1.165, 1.54) is 4.90 Å². The van der Waals surface area contributed by atoms with E-state index >= 15 is 0 Å². The zero-order valence-electron chi connectivity index (χ0n) is 15.2. The summed E-state index contributed by atoms with van der Waals surface area (Å²) in [5.41, 5.74) is -1.48. The number of ether oxygens (including phenoxy) is 1. The van der Waals surface area contributed by atoms with Crippen LogP contribution in [0.4, 0.5) is 5.69 Å². The van der Waals surface area contributed by atoms with Crippen molar-refractivity contribution in [3.63, 3.8) is 0 Å². The van der Waals surface area contributed by atoms with Crippen molar-refractivity contribution in [3.05, 3.63) is 102 Å². The van der Waals surface area contributed by atoms with Crippen LogP contribution in [0.15, 0.2) is 91.0 Å². The highest BCUT2D eigenvalue weighted by Crippen LogP contribution is 2.55. The summed E-state index contributed by atoms with van der Waals surface area (Å²) in [4.78, 5) is 29.1. The molecule has 0 unspecified atom stereocenters. The van der Waals surface area contributed by atoms with Crippen molar-refractivity contribution in [3.8, 4) is 0 Å². The third kappa shape index (κ3) is 2.17. The molecule has 0 saturated carbocycles. The Balaban J connectivity index is 1.84. The van der Waals surface area contributed by atoms with Gasteiger partial charge in [0.25, 0.3) is 22.6 Å². The van der Waals surface area contributed by atoms with E-state index in [1.54, 1.807) is 36.4 Å². The van der Waals surface area contributed by atoms with Gasteiger partial charge in [-0.1, -0.05) is 78.9 Å². The highest BCUT2D eigenvalue weighted by atomic mass is 32.1. The van der Waals surface area contributed by atoms with Crippen LogP contribution in [0.5, 0.6) is 0 Å². The van der Waals surface area contributed by atoms with E-state index in [0.717, 1.165) is 0 Å². The molecule has 2 atom stereocenters. The number of anilines is 1. The van der Waals surface area contributed by atoms with Crippen LogP contribution in [0.1, 0.15) is 11.1 Å². The van der Waals surface area contributed by atoms with E-state index < -0.39 is 23.0 Å². The second kappa shape index (κ2) is 6.25. The van der Waals surface area contributed by atoms with Gasteiger partial charge in [0.1, 0.15) is 0 Å². The van der Waals surface area contributed by atoms with Crippen LogP contribution in [0.3, 0.4) is 0 Å². The fourth-order valence-corrected chi connectivity index (χ4v) is 4.56. The summed E-state index contributed by atoms with van der Waals surface area (Å²) in [6.45, 7) is 0. The van der Waals surface area contributed by atoms with Gasteiger partial charge in [-0.05, 0) is 29.9 Å². The van der Waals surface area contributed by atoms with Crippen molar-refractivity contribution in [2.24, 2.45) is 0 Å². The monoisotopic (exact) mass is 400 g/mol. The molecule has 2 heterocycles. The molecule has 2 fully saturated rings. The van der Waals surface area contributed by atoms with Crippen LogP contribution >= 0.6 is 12.2 Å². The van der Waals surface area contributed by atoms with Gasteiger partial charge in [-0.25, -0.2) is 4.90 Å². The summed E-state index contributed by atoms with van der Waals surface area (Å²) in [6.07, 6.45) is 0. The molecule has 3 aromatic rings. The number of para-hydroxylation sites is 1. The fourth-order valence-electron chi connectivity index (χ4n) is 4.28. The minimum atomic E-state index is -1.64. The summed E-state index contributed by atoms with van der Waals surface area (Å²) in [5.74, 6) is -0.903. The topological polar surface area (TPSA) is 58.6 Å². The Bertz CT molecular complexity index is 1050. The average Bonchev–Trinajstić information content (AvgIpc) is 3.19. The number of nitrogens with zero attached hydrogens (tertiary/aromatic N) is 1. The number of rotatable bonds is 3. The molecule has 3 aromatic carbocycles. The average molecular weight is 400 g/mol. The van der Waals surface area contributed by atoms with Crippen LogP contribution < -0.4 is 10.2 Å². The van der Waals surface area contributed by atoms with Gasteiger partial charge in [0.15, 0.2) is 5.54 Å². The van der Waals surface area contributed by atoms with Crippen LogP contribution in [0, 0.1) is 0 Å². The maximum Gasteiger partial charge on any atom is 0.286 e. The Labute approximate surface area is 172 Å². The molecule has 6 heteroatoms. The van der Waals surface area contributed by atoms with Crippen LogP contribution in [-0.4, -0.2) is 17.0 Å². The molecule has 5 rings (SSSR count). The molecule has 2 saturated heterocycles. The van der Waals surface area contributed by atoms with E-state index in [-0.39, 0.29) is 5.17 Å². The fraction of sp³-hybridized carbons (Fsp3) is 0.0870. The van der Waals surface area contributed by atoms with Gasteiger partial charge in [-0.2, -0.15) is 0 Å². The normalized spacial score (nSPS) is 25.5. The Morgan fingerprint density at radius 2 is 1.24 bits per heavy atom. The summed E-state index contributed by atoms with van der Waals surface area (Å²) in [5, 5.41) is 3.08. The summed E-state index contributed by atoms with van der Waals surface area (Å²) in [7, 11) is 0. The van der Waals surface area contributed by atoms with E-state index in [1.807, 2.05) is 54.6 Å². The van der Waals surface area contributed by atoms with Crippen molar-refractivity contribution < 1.29 is 14.3 Å². The highest BCUT2D eigenvalue weighted by molar-refractivity contribution is 7.80. The first-order valence-electron chi connectivity index (χ1n) is 9.17. The number of hydrogen-bond acceptors (Lipinski definition) is 4. The predicted octanol–water partition coefficient (Wildman–Crippen LogP) is 3.26. The van der Waals surface area contributed by atoms with E-state index in [4.69, 9.17) is 17.0 Å². The second-order valence-corrected chi connectivity index (χ2v) is 7.33. The summed E-state index contributed by atoms with van der Waals surface area (Å²) in [6, 6.07) is 27.0. The smallest absolute Gasteiger partial charge is 0.286 e. The van der Waals surface area contributed by atoms with Crippen LogP contribution in [-0.2, 0) is 25.5 Å². The van der Waals surface area contributed by atoms with Crippen LogP contribution in [0.2, 0.25) is 0 Å². The molecule has 29 heavy (non-hydrogen) atoms. The molecule has 0 aliphatic carbocycles. The lowest BCUT2D eigenvalue weighted by molar-refractivity contribution is -0.135. The Hall–Kier alpha value is -3.51. The lowest BCUT2D eigenvalue weighted by atomic mass is 9.73. The molecular formula is C23H16N2O3S. The number of hydrogen-bond donors (Lipinski definition) is 1. The molecule has 1 N–H and O–H groups in total. The minimum absolute atomic E-state index is 0.0205. The summed E-state index contributed by atoms with van der Waals surface area (Å²) >= 11 is 5.32. The zero-order valence-corrected chi connectivity index (χ0v) is 16.1. The van der Waals surface area contributed by atoms with Crippen molar-refractivity contribution in [1.29, 1.82) is 0 Å². The summed E-state index contributed by atoms with van der Waals surface area (Å²) < 4.78 is 6.06. The van der Waals surface area contributed by atoms with Gasteiger partial charge in [0.05, 0.1) is 5.69 Å². The van der Waals surface area contributed by atoms with Gasteiger partial charge in [-0.15, -0.1) is 0 Å². The highest BCUT2D eigenvalue weighted by Gasteiger charge is 2.77. The van der Waals surface area contributed by atoms with E-state index in [9.17, 15) is 9.59 Å². The van der Waals surface area contributed by atoms with Crippen molar-refractivity contribution in [1.82, 2.24) is 5.32 Å². The first-order valence-corrected chi connectivity index (χ1v) is 9.58. The number of thiocarbonyl (C=S) groups is 1. The maximum atomic E-state index is 13.9. The number of amides is 2. The number of carbonyl (C=O) groups is 2. The lowest BCUT2D eigenvalue weighted by Crippen LogP contribution is -2.55. The number of benzene rings is 3.